The lowest BCUT2D eigenvalue weighted by atomic mass is 10.1. The Morgan fingerprint density at radius 3 is 2.64 bits per heavy atom. The molecule has 0 radical (unpaired) electrons. The Balaban J connectivity index is 2.17. The number of carboxylic acid groups (broad SMARTS) is 1. The Morgan fingerprint density at radius 2 is 2.00 bits per heavy atom. The van der Waals surface area contributed by atoms with E-state index in [1.165, 1.54) is 18.2 Å². The van der Waals surface area contributed by atoms with Gasteiger partial charge in [-0.3, -0.25) is 10.1 Å². The highest BCUT2D eigenvalue weighted by atomic mass is 16.6. The minimum absolute atomic E-state index is 0.0466. The van der Waals surface area contributed by atoms with Crippen LogP contribution in [0.15, 0.2) is 48.5 Å². The van der Waals surface area contributed by atoms with Crippen molar-refractivity contribution in [2.75, 3.05) is 0 Å². The van der Waals surface area contributed by atoms with Crippen LogP contribution in [0.5, 0.6) is 5.75 Å². The number of carboxylic acids is 1. The molecule has 6 heteroatoms. The molecule has 114 valence electrons. The van der Waals surface area contributed by atoms with Crippen LogP contribution in [0, 0.1) is 17.0 Å². The van der Waals surface area contributed by atoms with Crippen LogP contribution < -0.4 is 4.74 Å². The summed E-state index contributed by atoms with van der Waals surface area (Å²) in [7, 11) is 0. The van der Waals surface area contributed by atoms with Gasteiger partial charge in [0.2, 0.25) is 0 Å². The molecule has 0 saturated carbocycles. The topological polar surface area (TPSA) is 89.7 Å². The van der Waals surface area contributed by atoms with Crippen LogP contribution >= 0.6 is 0 Å². The van der Waals surface area contributed by atoms with Gasteiger partial charge in [-0.15, -0.1) is 0 Å². The molecule has 0 aliphatic heterocycles. The summed E-state index contributed by atoms with van der Waals surface area (Å²) < 4.78 is 5.49. The maximum absolute atomic E-state index is 11.4. The van der Waals surface area contributed by atoms with E-state index in [4.69, 9.17) is 4.74 Å². The minimum Gasteiger partial charge on any atom is -0.478 e. The van der Waals surface area contributed by atoms with Gasteiger partial charge in [-0.25, -0.2) is 4.79 Å². The Morgan fingerprint density at radius 1 is 1.27 bits per heavy atom. The molecule has 2 aromatic rings. The molecule has 0 aliphatic carbocycles. The lowest BCUT2D eigenvalue weighted by Crippen LogP contribution is -2.29. The molecule has 0 aliphatic rings. The van der Waals surface area contributed by atoms with E-state index in [9.17, 15) is 20.0 Å². The van der Waals surface area contributed by atoms with E-state index in [0.717, 1.165) is 5.56 Å². The number of benzene rings is 2. The zero-order valence-electron chi connectivity index (χ0n) is 11.9. The fourth-order valence-electron chi connectivity index (χ4n) is 2.04. The smallest absolute Gasteiger partial charge is 0.345 e. The van der Waals surface area contributed by atoms with Gasteiger partial charge in [-0.05, 0) is 30.2 Å². The maximum atomic E-state index is 11.4. The highest BCUT2D eigenvalue weighted by Crippen LogP contribution is 2.19. The van der Waals surface area contributed by atoms with Crippen LogP contribution in [0.4, 0.5) is 5.69 Å². The lowest BCUT2D eigenvalue weighted by molar-refractivity contribution is -0.384. The molecule has 0 aromatic heterocycles. The first-order chi connectivity index (χ1) is 10.5. The second-order valence-electron chi connectivity index (χ2n) is 4.89. The van der Waals surface area contributed by atoms with Gasteiger partial charge in [0, 0.05) is 18.6 Å². The molecule has 2 aromatic carbocycles. The molecular weight excluding hydrogens is 286 g/mol. The van der Waals surface area contributed by atoms with Crippen molar-refractivity contribution in [2.24, 2.45) is 0 Å². The van der Waals surface area contributed by atoms with E-state index in [1.807, 2.05) is 13.0 Å². The Kier molecular flexibility index (Phi) is 4.73. The molecule has 1 unspecified atom stereocenters. The number of carbonyl (C=O) groups is 1. The van der Waals surface area contributed by atoms with Crippen molar-refractivity contribution in [3.63, 3.8) is 0 Å². The molecule has 1 N–H and O–H groups in total. The highest BCUT2D eigenvalue weighted by molar-refractivity contribution is 5.73. The number of rotatable bonds is 6. The fourth-order valence-corrected chi connectivity index (χ4v) is 2.04. The summed E-state index contributed by atoms with van der Waals surface area (Å²) in [5.41, 5.74) is 1.42. The summed E-state index contributed by atoms with van der Waals surface area (Å²) in [6.07, 6.45) is -1.06. The van der Waals surface area contributed by atoms with E-state index >= 15 is 0 Å². The Hall–Kier alpha value is -2.89. The van der Waals surface area contributed by atoms with Gasteiger partial charge < -0.3 is 9.84 Å². The van der Waals surface area contributed by atoms with Gasteiger partial charge in [0.1, 0.15) is 5.75 Å². The number of aliphatic carboxylic acids is 1. The third-order valence-corrected chi connectivity index (χ3v) is 3.09. The number of nitrogens with zero attached hydrogens (tertiary/aromatic N) is 1. The predicted octanol–water partition coefficient (Wildman–Crippen LogP) is 2.98. The van der Waals surface area contributed by atoms with Gasteiger partial charge in [-0.1, -0.05) is 24.3 Å². The third kappa shape index (κ3) is 4.05. The van der Waals surface area contributed by atoms with Gasteiger partial charge in [0.05, 0.1) is 4.92 Å². The molecule has 0 bridgehead atoms. The maximum Gasteiger partial charge on any atom is 0.345 e. The van der Waals surface area contributed by atoms with Crippen molar-refractivity contribution >= 4 is 11.7 Å². The zero-order chi connectivity index (χ0) is 16.1. The first-order valence-electron chi connectivity index (χ1n) is 6.65. The number of hydrogen-bond acceptors (Lipinski definition) is 4. The average Bonchev–Trinajstić information content (AvgIpc) is 2.47. The van der Waals surface area contributed by atoms with Crippen molar-refractivity contribution in [2.45, 2.75) is 19.4 Å². The van der Waals surface area contributed by atoms with Crippen molar-refractivity contribution in [1.82, 2.24) is 0 Å². The summed E-state index contributed by atoms with van der Waals surface area (Å²) in [6.45, 7) is 1.88. The normalized spacial score (nSPS) is 11.7. The summed E-state index contributed by atoms with van der Waals surface area (Å²) in [5.74, 6) is -0.661. The molecule has 6 nitrogen and oxygen atoms in total. The Bertz CT molecular complexity index is 698. The van der Waals surface area contributed by atoms with E-state index in [-0.39, 0.29) is 12.1 Å². The molecule has 22 heavy (non-hydrogen) atoms. The number of nitro benzene ring substituents is 1. The Labute approximate surface area is 127 Å². The van der Waals surface area contributed by atoms with Crippen LogP contribution in [0.25, 0.3) is 0 Å². The fraction of sp³-hybridized carbons (Fsp3) is 0.188. The highest BCUT2D eigenvalue weighted by Gasteiger charge is 2.21. The van der Waals surface area contributed by atoms with Crippen molar-refractivity contribution in [3.05, 3.63) is 69.8 Å². The van der Waals surface area contributed by atoms with E-state index < -0.39 is 17.0 Å². The van der Waals surface area contributed by atoms with Crippen LogP contribution in [-0.2, 0) is 11.2 Å². The van der Waals surface area contributed by atoms with E-state index in [1.54, 1.807) is 24.3 Å². The number of hydrogen-bond donors (Lipinski definition) is 1. The number of aryl methyl sites for hydroxylation is 1. The SMILES string of the molecule is Cc1cccc(OC(Cc2cccc([N+](=O)[O-])c2)C(=O)O)c1. The molecule has 2 rings (SSSR count). The quantitative estimate of drug-likeness (QED) is 0.654. The molecule has 0 amide bonds. The van der Waals surface area contributed by atoms with Crippen LogP contribution in [-0.4, -0.2) is 22.1 Å². The summed E-state index contributed by atoms with van der Waals surface area (Å²) in [6, 6.07) is 13.0. The predicted molar refractivity (Wildman–Crippen MR) is 80.0 cm³/mol. The van der Waals surface area contributed by atoms with Gasteiger partial charge in [0.25, 0.3) is 5.69 Å². The summed E-state index contributed by atoms with van der Waals surface area (Å²) in [5, 5.41) is 20.0. The first-order valence-corrected chi connectivity index (χ1v) is 6.65. The van der Waals surface area contributed by atoms with Crippen molar-refractivity contribution < 1.29 is 19.6 Å². The monoisotopic (exact) mass is 301 g/mol. The van der Waals surface area contributed by atoms with Crippen molar-refractivity contribution in [1.29, 1.82) is 0 Å². The largest absolute Gasteiger partial charge is 0.478 e. The molecule has 0 spiro atoms. The first kappa shape index (κ1) is 15.5. The third-order valence-electron chi connectivity index (χ3n) is 3.09. The second-order valence-corrected chi connectivity index (χ2v) is 4.89. The van der Waals surface area contributed by atoms with E-state index in [2.05, 4.69) is 0 Å². The number of ether oxygens (including phenoxy) is 1. The summed E-state index contributed by atoms with van der Waals surface area (Å²) in [4.78, 5) is 21.6. The van der Waals surface area contributed by atoms with E-state index in [0.29, 0.717) is 11.3 Å². The molecule has 0 heterocycles. The number of nitro groups is 1. The van der Waals surface area contributed by atoms with Gasteiger partial charge >= 0.3 is 5.97 Å². The van der Waals surface area contributed by atoms with Crippen LogP contribution in [0.3, 0.4) is 0 Å². The average molecular weight is 301 g/mol. The molecule has 0 saturated heterocycles. The standard InChI is InChI=1S/C16H15NO5/c1-11-4-2-7-14(8-11)22-15(16(18)19)10-12-5-3-6-13(9-12)17(20)21/h2-9,15H,10H2,1H3,(H,18,19). The van der Waals surface area contributed by atoms with Crippen molar-refractivity contribution in [3.8, 4) is 5.75 Å². The van der Waals surface area contributed by atoms with Crippen LogP contribution in [0.1, 0.15) is 11.1 Å². The summed E-state index contributed by atoms with van der Waals surface area (Å²) >= 11 is 0. The van der Waals surface area contributed by atoms with Gasteiger partial charge in [0.15, 0.2) is 6.10 Å². The molecule has 1 atom stereocenters. The van der Waals surface area contributed by atoms with Gasteiger partial charge in [-0.2, -0.15) is 0 Å². The number of non-ortho nitro benzene ring substituents is 1. The molecule has 0 fully saturated rings. The lowest BCUT2D eigenvalue weighted by Gasteiger charge is -2.15. The minimum atomic E-state index is -1.12. The molecular formula is C16H15NO5. The second kappa shape index (κ2) is 6.71. The van der Waals surface area contributed by atoms with Crippen LogP contribution in [0.2, 0.25) is 0 Å². The zero-order valence-corrected chi connectivity index (χ0v) is 11.9.